The molecule has 0 saturated carbocycles. The molecular formula is C25H42FNO2S. The number of Topliss-reactive ketones (excluding diaryl/α,β-unsaturated/α-hetero) is 1. The van der Waals surface area contributed by atoms with Gasteiger partial charge in [-0.3, -0.25) is 4.79 Å². The molecule has 0 aliphatic rings. The largest absolute Gasteiger partial charge is 0.616 e. The van der Waals surface area contributed by atoms with Crippen LogP contribution in [-0.4, -0.2) is 28.9 Å². The fraction of sp³-hybridized carbons (Fsp3) is 0.720. The highest BCUT2D eigenvalue weighted by molar-refractivity contribution is 7.91. The minimum atomic E-state index is -1.26. The van der Waals surface area contributed by atoms with Gasteiger partial charge in [-0.05, 0) is 35.8 Å². The summed E-state index contributed by atoms with van der Waals surface area (Å²) >= 11 is -1.26. The molecule has 1 atom stereocenters. The van der Waals surface area contributed by atoms with Crippen LogP contribution >= 0.6 is 0 Å². The van der Waals surface area contributed by atoms with Crippen LogP contribution in [0.1, 0.15) is 107 Å². The van der Waals surface area contributed by atoms with Gasteiger partial charge in [0.25, 0.3) is 0 Å². The Morgan fingerprint density at radius 1 is 0.900 bits per heavy atom. The van der Waals surface area contributed by atoms with Gasteiger partial charge in [-0.15, -0.1) is 0 Å². The first kappa shape index (κ1) is 27.0. The minimum Gasteiger partial charge on any atom is -0.616 e. The number of unbranched alkanes of at least 4 members (excludes halogenated alkanes) is 13. The third kappa shape index (κ3) is 13.3. The van der Waals surface area contributed by atoms with Crippen LogP contribution in [-0.2, 0) is 11.2 Å². The number of nitrogens with one attached hydrogen (secondary N) is 1. The molecule has 0 aliphatic heterocycles. The molecule has 0 fully saturated rings. The molecule has 0 heterocycles. The lowest BCUT2D eigenvalue weighted by atomic mass is 10.0. The van der Waals surface area contributed by atoms with Crippen molar-refractivity contribution < 1.29 is 13.7 Å². The maximum Gasteiger partial charge on any atom is 0.214 e. The molecule has 172 valence electrons. The van der Waals surface area contributed by atoms with Crippen molar-refractivity contribution in [2.45, 2.75) is 96.8 Å². The van der Waals surface area contributed by atoms with E-state index in [1.165, 1.54) is 102 Å². The monoisotopic (exact) mass is 439 g/mol. The molecule has 1 aromatic carbocycles. The number of ketones is 1. The van der Waals surface area contributed by atoms with E-state index < -0.39 is 22.8 Å². The lowest BCUT2D eigenvalue weighted by Gasteiger charge is -2.09. The Hall–Kier alpha value is -1.07. The number of carbonyl (C=O) groups is 1. The zero-order valence-electron chi connectivity index (χ0n) is 19.1. The van der Waals surface area contributed by atoms with Crippen molar-refractivity contribution in [1.29, 1.82) is 0 Å². The van der Waals surface area contributed by atoms with Crippen LogP contribution in [0, 0.1) is 5.82 Å². The van der Waals surface area contributed by atoms with E-state index in [0.717, 1.165) is 13.0 Å². The molecule has 0 radical (unpaired) electrons. The predicted molar refractivity (Wildman–Crippen MR) is 128 cm³/mol. The van der Waals surface area contributed by atoms with E-state index in [1.54, 1.807) is 6.07 Å². The summed E-state index contributed by atoms with van der Waals surface area (Å²) in [7, 11) is 0. The van der Waals surface area contributed by atoms with E-state index >= 15 is 0 Å². The van der Waals surface area contributed by atoms with Crippen LogP contribution in [0.15, 0.2) is 18.2 Å². The zero-order valence-corrected chi connectivity index (χ0v) is 20.0. The lowest BCUT2D eigenvalue weighted by molar-refractivity contribution is 0.101. The highest BCUT2D eigenvalue weighted by Gasteiger charge is 2.16. The Balaban J connectivity index is 1.99. The van der Waals surface area contributed by atoms with Crippen LogP contribution in [0.3, 0.4) is 0 Å². The quantitative estimate of drug-likeness (QED) is 0.140. The average Bonchev–Trinajstić information content (AvgIpc) is 2.70. The first-order valence-corrected chi connectivity index (χ1v) is 13.6. The number of hydrogen-bond donors (Lipinski definition) is 1. The van der Waals surface area contributed by atoms with Gasteiger partial charge >= 0.3 is 0 Å². The first-order chi connectivity index (χ1) is 14.5. The number of hydrogen-bond acceptors (Lipinski definition) is 3. The van der Waals surface area contributed by atoms with Gasteiger partial charge in [0, 0.05) is 12.2 Å². The van der Waals surface area contributed by atoms with Crippen molar-refractivity contribution in [3.8, 4) is 0 Å². The van der Waals surface area contributed by atoms with E-state index in [2.05, 4.69) is 12.2 Å². The summed E-state index contributed by atoms with van der Waals surface area (Å²) in [5, 5.41) is 3.22. The van der Waals surface area contributed by atoms with Gasteiger partial charge in [0.05, 0.1) is 11.8 Å². The fourth-order valence-electron chi connectivity index (χ4n) is 3.67. The highest BCUT2D eigenvalue weighted by atomic mass is 32.2. The number of rotatable bonds is 19. The first-order valence-electron chi connectivity index (χ1n) is 11.9. The van der Waals surface area contributed by atoms with Gasteiger partial charge in [0.2, 0.25) is 5.78 Å². The lowest BCUT2D eigenvalue weighted by Crippen LogP contribution is -2.16. The summed E-state index contributed by atoms with van der Waals surface area (Å²) in [6.07, 6.45) is 20.1. The Bertz CT molecular complexity index is 580. The molecular weight excluding hydrogens is 397 g/mol. The molecule has 0 bridgehead atoms. The summed E-state index contributed by atoms with van der Waals surface area (Å²) in [4.78, 5) is 11.8. The van der Waals surface area contributed by atoms with Crippen molar-refractivity contribution in [2.24, 2.45) is 0 Å². The van der Waals surface area contributed by atoms with Crippen LogP contribution in [0.5, 0.6) is 0 Å². The van der Waals surface area contributed by atoms with E-state index in [-0.39, 0.29) is 11.3 Å². The Kier molecular flexibility index (Phi) is 15.8. The number of halogens is 1. The minimum absolute atomic E-state index is 0.0206. The molecule has 1 unspecified atom stereocenters. The molecule has 1 rings (SSSR count). The number of carbonyl (C=O) groups excluding carboxylic acids is 1. The molecule has 5 heteroatoms. The molecule has 0 amide bonds. The van der Waals surface area contributed by atoms with Crippen molar-refractivity contribution in [2.75, 3.05) is 23.9 Å². The zero-order chi connectivity index (χ0) is 22.0. The molecule has 0 aromatic heterocycles. The summed E-state index contributed by atoms with van der Waals surface area (Å²) in [6, 6.07) is 4.56. The smallest absolute Gasteiger partial charge is 0.214 e. The van der Waals surface area contributed by atoms with Gasteiger partial charge in [-0.2, -0.15) is 0 Å². The molecule has 3 nitrogen and oxygen atoms in total. The van der Waals surface area contributed by atoms with Crippen LogP contribution in [0.2, 0.25) is 0 Å². The molecule has 0 spiro atoms. The normalized spacial score (nSPS) is 12.1. The van der Waals surface area contributed by atoms with Gasteiger partial charge in [-0.25, -0.2) is 4.39 Å². The van der Waals surface area contributed by atoms with E-state index in [1.807, 2.05) is 0 Å². The SMILES string of the molecule is CCCCCCCCCCCCCCCCNc1ccc(C(=O)C[S+](C)[O-])c(F)c1. The average molecular weight is 440 g/mol. The van der Waals surface area contributed by atoms with E-state index in [0.29, 0.717) is 5.69 Å². The van der Waals surface area contributed by atoms with Crippen LogP contribution < -0.4 is 5.32 Å². The predicted octanol–water partition coefficient (Wildman–Crippen LogP) is 7.28. The van der Waals surface area contributed by atoms with Gasteiger partial charge in [-0.1, -0.05) is 90.4 Å². The third-order valence-electron chi connectivity index (χ3n) is 5.46. The summed E-state index contributed by atoms with van der Waals surface area (Å²) in [6.45, 7) is 3.07. The van der Waals surface area contributed by atoms with Gasteiger partial charge < -0.3 is 9.87 Å². The third-order valence-corrected chi connectivity index (χ3v) is 6.13. The molecule has 0 saturated heterocycles. The Morgan fingerprint density at radius 3 is 1.87 bits per heavy atom. The Labute approximate surface area is 186 Å². The van der Waals surface area contributed by atoms with Crippen LogP contribution in [0.25, 0.3) is 0 Å². The summed E-state index contributed by atoms with van der Waals surface area (Å²) in [5.41, 5.74) is 0.712. The maximum absolute atomic E-state index is 14.1. The van der Waals surface area contributed by atoms with Crippen molar-refractivity contribution in [3.05, 3.63) is 29.6 Å². The molecule has 30 heavy (non-hydrogen) atoms. The summed E-state index contributed by atoms with van der Waals surface area (Å²) < 4.78 is 25.2. The Morgan fingerprint density at radius 2 is 1.40 bits per heavy atom. The fourth-order valence-corrected chi connectivity index (χ4v) is 4.19. The van der Waals surface area contributed by atoms with Crippen molar-refractivity contribution >= 4 is 22.6 Å². The highest BCUT2D eigenvalue weighted by Crippen LogP contribution is 2.17. The second kappa shape index (κ2) is 17.6. The standard InChI is InChI=1S/C25H42FNO2S/c1-3-4-5-6-7-8-9-10-11-12-13-14-15-16-19-27-22-17-18-23(24(26)20-22)25(28)21-30(2)29/h17-18,20,27H,3-16,19,21H2,1-2H3. The van der Waals surface area contributed by atoms with E-state index in [9.17, 15) is 13.7 Å². The molecule has 1 N–H and O–H groups in total. The van der Waals surface area contributed by atoms with E-state index in [4.69, 9.17) is 0 Å². The van der Waals surface area contributed by atoms with Gasteiger partial charge in [0.1, 0.15) is 5.82 Å². The second-order valence-corrected chi connectivity index (χ2v) is 9.79. The van der Waals surface area contributed by atoms with Gasteiger partial charge in [0.15, 0.2) is 5.75 Å². The van der Waals surface area contributed by atoms with Crippen LogP contribution in [0.4, 0.5) is 10.1 Å². The number of anilines is 1. The second-order valence-electron chi connectivity index (χ2n) is 8.36. The van der Waals surface area contributed by atoms with Crippen molar-refractivity contribution in [3.63, 3.8) is 0 Å². The maximum atomic E-state index is 14.1. The molecule has 1 aromatic rings. The van der Waals surface area contributed by atoms with Crippen molar-refractivity contribution in [1.82, 2.24) is 0 Å². The summed E-state index contributed by atoms with van der Waals surface area (Å²) in [5.74, 6) is -1.09. The topological polar surface area (TPSA) is 52.2 Å². The number of benzene rings is 1. The molecule has 0 aliphatic carbocycles.